The highest BCUT2D eigenvalue weighted by molar-refractivity contribution is 5.97. The first kappa shape index (κ1) is 13.0. The number of anilines is 1. The van der Waals surface area contributed by atoms with Crippen LogP contribution in [0.25, 0.3) is 0 Å². The minimum atomic E-state index is -0.972. The number of aryl methyl sites for hydroxylation is 1. The number of benzene rings is 1. The van der Waals surface area contributed by atoms with Crippen LogP contribution in [0.15, 0.2) is 18.2 Å². The van der Waals surface area contributed by atoms with Crippen LogP contribution >= 0.6 is 0 Å². The van der Waals surface area contributed by atoms with Crippen molar-refractivity contribution in [2.75, 3.05) is 5.32 Å². The Bertz CT molecular complexity index is 446. The van der Waals surface area contributed by atoms with Gasteiger partial charge in [-0.3, -0.25) is 9.59 Å². The molecular weight excluding hydrogens is 222 g/mol. The number of phenolic OH excluding ortho intramolecular Hbond substituents is 1. The molecule has 0 aliphatic heterocycles. The Labute approximate surface area is 98.6 Å². The summed E-state index contributed by atoms with van der Waals surface area (Å²) in [5, 5.41) is 11.8. The number of aromatic hydroxyl groups is 1. The van der Waals surface area contributed by atoms with Crippen LogP contribution in [0.3, 0.4) is 0 Å². The molecule has 6 N–H and O–H groups in total. The van der Waals surface area contributed by atoms with Gasteiger partial charge in [0.25, 0.3) is 0 Å². The average molecular weight is 237 g/mol. The molecule has 1 aromatic rings. The topological polar surface area (TPSA) is 118 Å². The summed E-state index contributed by atoms with van der Waals surface area (Å²) in [4.78, 5) is 22.2. The van der Waals surface area contributed by atoms with E-state index < -0.39 is 17.9 Å². The number of hydrogen-bond acceptors (Lipinski definition) is 4. The van der Waals surface area contributed by atoms with Crippen LogP contribution in [0.2, 0.25) is 0 Å². The lowest BCUT2D eigenvalue weighted by molar-refractivity contribution is -0.123. The molecule has 0 heterocycles. The molecule has 1 rings (SSSR count). The van der Waals surface area contributed by atoms with Crippen molar-refractivity contribution in [2.24, 2.45) is 11.5 Å². The largest absolute Gasteiger partial charge is 0.508 e. The Morgan fingerprint density at radius 3 is 2.65 bits per heavy atom. The van der Waals surface area contributed by atoms with E-state index in [1.807, 2.05) is 0 Å². The maximum Gasteiger partial charge on any atom is 0.241 e. The third-order valence-corrected chi connectivity index (χ3v) is 2.23. The van der Waals surface area contributed by atoms with Crippen molar-refractivity contribution in [1.29, 1.82) is 0 Å². The van der Waals surface area contributed by atoms with Crippen LogP contribution < -0.4 is 16.8 Å². The Kier molecular flexibility index (Phi) is 4.06. The predicted octanol–water partition coefficient (Wildman–Crippen LogP) is -0.158. The number of carbonyl (C=O) groups is 2. The number of phenols is 1. The summed E-state index contributed by atoms with van der Waals surface area (Å²) in [7, 11) is 0. The lowest BCUT2D eigenvalue weighted by Crippen LogP contribution is -2.39. The van der Waals surface area contributed by atoms with Crippen molar-refractivity contribution in [2.45, 2.75) is 19.4 Å². The van der Waals surface area contributed by atoms with Crippen molar-refractivity contribution >= 4 is 17.5 Å². The van der Waals surface area contributed by atoms with E-state index in [4.69, 9.17) is 11.5 Å². The minimum absolute atomic E-state index is 0.113. The van der Waals surface area contributed by atoms with E-state index in [0.717, 1.165) is 0 Å². The summed E-state index contributed by atoms with van der Waals surface area (Å²) in [6.07, 6.45) is -0.205. The second-order valence-electron chi connectivity index (χ2n) is 3.77. The molecule has 92 valence electrons. The molecule has 0 aromatic heterocycles. The van der Waals surface area contributed by atoms with Crippen LogP contribution in [0.4, 0.5) is 5.69 Å². The van der Waals surface area contributed by atoms with Crippen LogP contribution in [0.5, 0.6) is 5.75 Å². The molecule has 0 radical (unpaired) electrons. The van der Waals surface area contributed by atoms with Crippen molar-refractivity contribution in [3.05, 3.63) is 23.8 Å². The standard InChI is InChI=1S/C11H15N3O3/c1-6-4-7(15)2-3-9(6)14-11(17)8(12)5-10(13)16/h2-4,8,15H,5,12H2,1H3,(H2,13,16)(H,14,17). The van der Waals surface area contributed by atoms with Crippen LogP contribution in [0, 0.1) is 6.92 Å². The fourth-order valence-corrected chi connectivity index (χ4v) is 1.32. The highest BCUT2D eigenvalue weighted by Gasteiger charge is 2.16. The molecule has 1 aromatic carbocycles. The van der Waals surface area contributed by atoms with Crippen molar-refractivity contribution in [3.8, 4) is 5.75 Å². The van der Waals surface area contributed by atoms with Gasteiger partial charge in [-0.2, -0.15) is 0 Å². The third-order valence-electron chi connectivity index (χ3n) is 2.23. The van der Waals surface area contributed by atoms with Crippen LogP contribution in [0.1, 0.15) is 12.0 Å². The summed E-state index contributed by atoms with van der Waals surface area (Å²) < 4.78 is 0. The zero-order chi connectivity index (χ0) is 13.0. The number of hydrogen-bond donors (Lipinski definition) is 4. The highest BCUT2D eigenvalue weighted by atomic mass is 16.3. The first-order valence-corrected chi connectivity index (χ1v) is 5.04. The molecule has 1 atom stereocenters. The second-order valence-corrected chi connectivity index (χ2v) is 3.77. The minimum Gasteiger partial charge on any atom is -0.508 e. The van der Waals surface area contributed by atoms with Gasteiger partial charge in [0, 0.05) is 5.69 Å². The summed E-state index contributed by atoms with van der Waals surface area (Å²) in [5.41, 5.74) is 11.7. The van der Waals surface area contributed by atoms with E-state index in [1.54, 1.807) is 13.0 Å². The zero-order valence-corrected chi connectivity index (χ0v) is 9.43. The maximum absolute atomic E-state index is 11.6. The Hall–Kier alpha value is -2.08. The third kappa shape index (κ3) is 3.76. The van der Waals surface area contributed by atoms with Gasteiger partial charge in [-0.1, -0.05) is 0 Å². The van der Waals surface area contributed by atoms with Gasteiger partial charge in [0.05, 0.1) is 12.5 Å². The van der Waals surface area contributed by atoms with E-state index in [-0.39, 0.29) is 12.2 Å². The van der Waals surface area contributed by atoms with E-state index >= 15 is 0 Å². The van der Waals surface area contributed by atoms with Gasteiger partial charge in [-0.15, -0.1) is 0 Å². The molecule has 17 heavy (non-hydrogen) atoms. The first-order valence-electron chi connectivity index (χ1n) is 5.04. The van der Waals surface area contributed by atoms with Crippen LogP contribution in [-0.4, -0.2) is 23.0 Å². The average Bonchev–Trinajstić information content (AvgIpc) is 2.21. The smallest absolute Gasteiger partial charge is 0.241 e. The Balaban J connectivity index is 2.71. The Morgan fingerprint density at radius 2 is 2.12 bits per heavy atom. The summed E-state index contributed by atoms with van der Waals surface area (Å²) in [6.45, 7) is 1.73. The van der Waals surface area contributed by atoms with Gasteiger partial charge >= 0.3 is 0 Å². The Morgan fingerprint density at radius 1 is 1.47 bits per heavy atom. The molecule has 0 spiro atoms. The van der Waals surface area contributed by atoms with Gasteiger partial charge in [0.15, 0.2) is 0 Å². The molecule has 0 bridgehead atoms. The summed E-state index contributed by atoms with van der Waals surface area (Å²) in [5.74, 6) is -1.00. The lowest BCUT2D eigenvalue weighted by Gasteiger charge is -2.12. The van der Waals surface area contributed by atoms with Crippen LogP contribution in [-0.2, 0) is 9.59 Å². The molecule has 0 aliphatic carbocycles. The molecule has 1 unspecified atom stereocenters. The zero-order valence-electron chi connectivity index (χ0n) is 9.43. The highest BCUT2D eigenvalue weighted by Crippen LogP contribution is 2.20. The molecule has 0 saturated heterocycles. The molecule has 2 amide bonds. The molecule has 6 nitrogen and oxygen atoms in total. The fourth-order valence-electron chi connectivity index (χ4n) is 1.32. The predicted molar refractivity (Wildman–Crippen MR) is 63.3 cm³/mol. The van der Waals surface area contributed by atoms with E-state index in [0.29, 0.717) is 11.3 Å². The van der Waals surface area contributed by atoms with Crippen molar-refractivity contribution in [1.82, 2.24) is 0 Å². The molecule has 6 heteroatoms. The molecule has 0 fully saturated rings. The van der Waals surface area contributed by atoms with Crippen molar-refractivity contribution < 1.29 is 14.7 Å². The molecule has 0 aliphatic rings. The first-order chi connectivity index (χ1) is 7.90. The second kappa shape index (κ2) is 5.31. The van der Waals surface area contributed by atoms with E-state index in [1.165, 1.54) is 12.1 Å². The van der Waals surface area contributed by atoms with E-state index in [2.05, 4.69) is 5.32 Å². The molecular formula is C11H15N3O3. The quantitative estimate of drug-likeness (QED) is 0.544. The lowest BCUT2D eigenvalue weighted by atomic mass is 10.1. The number of nitrogens with two attached hydrogens (primary N) is 2. The number of carbonyl (C=O) groups excluding carboxylic acids is 2. The fraction of sp³-hybridized carbons (Fsp3) is 0.273. The van der Waals surface area contributed by atoms with Gasteiger partial charge in [-0.25, -0.2) is 0 Å². The van der Waals surface area contributed by atoms with Gasteiger partial charge in [0.1, 0.15) is 5.75 Å². The normalized spacial score (nSPS) is 11.9. The maximum atomic E-state index is 11.6. The van der Waals surface area contributed by atoms with Gasteiger partial charge in [-0.05, 0) is 30.7 Å². The number of nitrogens with one attached hydrogen (secondary N) is 1. The van der Waals surface area contributed by atoms with Gasteiger partial charge < -0.3 is 21.9 Å². The number of primary amides is 1. The SMILES string of the molecule is Cc1cc(O)ccc1NC(=O)C(N)CC(N)=O. The summed E-state index contributed by atoms with van der Waals surface area (Å²) in [6, 6.07) is 3.54. The van der Waals surface area contributed by atoms with Gasteiger partial charge in [0.2, 0.25) is 11.8 Å². The summed E-state index contributed by atoms with van der Waals surface area (Å²) >= 11 is 0. The molecule has 0 saturated carbocycles. The van der Waals surface area contributed by atoms with E-state index in [9.17, 15) is 14.7 Å². The number of amides is 2. The monoisotopic (exact) mass is 237 g/mol. The van der Waals surface area contributed by atoms with Crippen molar-refractivity contribution in [3.63, 3.8) is 0 Å². The number of rotatable bonds is 4.